The fraction of sp³-hybridized carbons (Fsp3) is 0.261. The van der Waals surface area contributed by atoms with E-state index >= 15 is 0 Å². The van der Waals surface area contributed by atoms with Crippen LogP contribution in [0.15, 0.2) is 53.6 Å². The number of anilines is 1. The van der Waals surface area contributed by atoms with Gasteiger partial charge in [0.05, 0.1) is 30.3 Å². The summed E-state index contributed by atoms with van der Waals surface area (Å²) >= 11 is 0. The van der Waals surface area contributed by atoms with Gasteiger partial charge in [-0.2, -0.15) is 0 Å². The Morgan fingerprint density at radius 2 is 1.81 bits per heavy atom. The molecule has 0 amide bonds. The molecule has 1 aromatic heterocycles. The molecule has 4 rings (SSSR count). The molecule has 3 aromatic rings. The van der Waals surface area contributed by atoms with Gasteiger partial charge in [-0.15, -0.1) is 0 Å². The standard InChI is InChI=1S/C23H25N3O4S/c1-29-21-12-19-20(13-22(21)30-2)25-14-17-6-4-3-5-11-26(23(17)19)15-16-7-9-18(10-8-16)31(24,27)28/h4,6-10,12-14H,3,5,11,15H2,1-2H3,(H2,24,27,28)/b6-4+. The summed E-state index contributed by atoms with van der Waals surface area (Å²) in [5.41, 5.74) is 3.91. The summed E-state index contributed by atoms with van der Waals surface area (Å²) in [5.74, 6) is 1.28. The smallest absolute Gasteiger partial charge is 0.238 e. The maximum atomic E-state index is 11.6. The zero-order valence-corrected chi connectivity index (χ0v) is 18.4. The van der Waals surface area contributed by atoms with Crippen molar-refractivity contribution in [2.75, 3.05) is 25.7 Å². The van der Waals surface area contributed by atoms with E-state index in [1.807, 2.05) is 18.3 Å². The molecule has 31 heavy (non-hydrogen) atoms. The number of ether oxygens (including phenoxy) is 2. The lowest BCUT2D eigenvalue weighted by Crippen LogP contribution is -2.25. The monoisotopic (exact) mass is 439 g/mol. The highest BCUT2D eigenvalue weighted by Gasteiger charge is 2.19. The highest BCUT2D eigenvalue weighted by Crippen LogP contribution is 2.39. The minimum absolute atomic E-state index is 0.110. The Labute approximate surface area is 182 Å². The zero-order chi connectivity index (χ0) is 22.0. The first-order valence-corrected chi connectivity index (χ1v) is 11.5. The number of nitrogens with zero attached hydrogens (tertiary/aromatic N) is 2. The molecule has 8 heteroatoms. The van der Waals surface area contributed by atoms with E-state index in [9.17, 15) is 8.42 Å². The van der Waals surface area contributed by atoms with Crippen LogP contribution in [-0.2, 0) is 16.6 Å². The van der Waals surface area contributed by atoms with Crippen LogP contribution < -0.4 is 19.5 Å². The van der Waals surface area contributed by atoms with Crippen LogP contribution in [0.3, 0.4) is 0 Å². The number of hydrogen-bond donors (Lipinski definition) is 1. The van der Waals surface area contributed by atoms with E-state index in [-0.39, 0.29) is 4.90 Å². The molecule has 0 unspecified atom stereocenters. The van der Waals surface area contributed by atoms with Crippen molar-refractivity contribution in [1.29, 1.82) is 0 Å². The largest absolute Gasteiger partial charge is 0.493 e. The molecule has 0 radical (unpaired) electrons. The molecular formula is C23H25N3O4S. The fourth-order valence-corrected chi connectivity index (χ4v) is 4.40. The number of hydrogen-bond acceptors (Lipinski definition) is 6. The third-order valence-electron chi connectivity index (χ3n) is 5.41. The minimum Gasteiger partial charge on any atom is -0.493 e. The molecule has 2 aromatic carbocycles. The number of nitrogens with two attached hydrogens (primary N) is 1. The topological polar surface area (TPSA) is 94.8 Å². The molecule has 1 aliphatic heterocycles. The molecule has 0 atom stereocenters. The van der Waals surface area contributed by atoms with Crippen LogP contribution in [-0.4, -0.2) is 34.2 Å². The number of primary sulfonamides is 1. The maximum Gasteiger partial charge on any atom is 0.238 e. The van der Waals surface area contributed by atoms with Crippen molar-refractivity contribution in [1.82, 2.24) is 4.98 Å². The molecule has 7 nitrogen and oxygen atoms in total. The first kappa shape index (κ1) is 21.1. The van der Waals surface area contributed by atoms with E-state index in [0.717, 1.165) is 47.1 Å². The SMILES string of the molecule is COc1cc2ncc3c(c2cc1OC)N(Cc1ccc(S(N)(=O)=O)cc1)CCC/C=C/3. The Kier molecular flexibility index (Phi) is 5.84. The summed E-state index contributed by atoms with van der Waals surface area (Å²) in [5, 5.41) is 6.21. The number of rotatable bonds is 5. The van der Waals surface area contributed by atoms with Crippen LogP contribution in [0.4, 0.5) is 5.69 Å². The maximum absolute atomic E-state index is 11.6. The third kappa shape index (κ3) is 4.35. The molecule has 0 saturated carbocycles. The minimum atomic E-state index is -3.71. The Hall–Kier alpha value is -3.10. The highest BCUT2D eigenvalue weighted by atomic mass is 32.2. The van der Waals surface area contributed by atoms with Crippen molar-refractivity contribution in [2.45, 2.75) is 24.3 Å². The van der Waals surface area contributed by atoms with Crippen molar-refractivity contribution in [3.63, 3.8) is 0 Å². The van der Waals surface area contributed by atoms with Crippen molar-refractivity contribution >= 4 is 32.7 Å². The molecule has 2 N–H and O–H groups in total. The first-order chi connectivity index (χ1) is 14.9. The highest BCUT2D eigenvalue weighted by molar-refractivity contribution is 7.89. The average Bonchev–Trinajstić information content (AvgIpc) is 2.74. The van der Waals surface area contributed by atoms with Gasteiger partial charge in [0.2, 0.25) is 10.0 Å². The van der Waals surface area contributed by atoms with Gasteiger partial charge in [0.15, 0.2) is 11.5 Å². The summed E-state index contributed by atoms with van der Waals surface area (Å²) in [7, 11) is -0.484. The van der Waals surface area contributed by atoms with E-state index < -0.39 is 10.0 Å². The summed E-state index contributed by atoms with van der Waals surface area (Å²) in [6.07, 6.45) is 8.13. The third-order valence-corrected chi connectivity index (χ3v) is 6.34. The lowest BCUT2D eigenvalue weighted by molar-refractivity contribution is 0.356. The number of sulfonamides is 1. The van der Waals surface area contributed by atoms with Crippen LogP contribution in [0.1, 0.15) is 24.0 Å². The van der Waals surface area contributed by atoms with Crippen LogP contribution in [0.5, 0.6) is 11.5 Å². The molecule has 0 fully saturated rings. The number of benzene rings is 2. The summed E-state index contributed by atoms with van der Waals surface area (Å²) in [4.78, 5) is 7.05. The quantitative estimate of drug-likeness (QED) is 0.651. The Bertz CT molecular complexity index is 1240. The van der Waals surface area contributed by atoms with Crippen molar-refractivity contribution < 1.29 is 17.9 Å². The average molecular weight is 440 g/mol. The predicted molar refractivity (Wildman–Crippen MR) is 122 cm³/mol. The van der Waals surface area contributed by atoms with Crippen LogP contribution in [0, 0.1) is 0 Å². The molecule has 0 saturated heterocycles. The van der Waals surface area contributed by atoms with Crippen LogP contribution >= 0.6 is 0 Å². The fourth-order valence-electron chi connectivity index (χ4n) is 3.88. The van der Waals surface area contributed by atoms with E-state index in [1.54, 1.807) is 38.5 Å². The van der Waals surface area contributed by atoms with Crippen molar-refractivity contribution in [3.05, 3.63) is 59.8 Å². The Balaban J connectivity index is 1.82. The predicted octanol–water partition coefficient (Wildman–Crippen LogP) is 3.71. The van der Waals surface area contributed by atoms with Gasteiger partial charge in [0.1, 0.15) is 0 Å². The van der Waals surface area contributed by atoms with Gasteiger partial charge in [-0.05, 0) is 36.6 Å². The van der Waals surface area contributed by atoms with Gasteiger partial charge < -0.3 is 14.4 Å². The van der Waals surface area contributed by atoms with Crippen LogP contribution in [0.2, 0.25) is 0 Å². The normalized spacial score (nSPS) is 15.1. The van der Waals surface area contributed by atoms with E-state index in [4.69, 9.17) is 14.6 Å². The van der Waals surface area contributed by atoms with Gasteiger partial charge in [-0.25, -0.2) is 13.6 Å². The lowest BCUT2D eigenvalue weighted by Gasteiger charge is -2.29. The van der Waals surface area contributed by atoms with E-state index in [0.29, 0.717) is 18.0 Å². The number of fused-ring (bicyclic) bond motifs is 3. The summed E-state index contributed by atoms with van der Waals surface area (Å²) in [6, 6.07) is 10.6. The molecule has 162 valence electrons. The molecule has 0 spiro atoms. The van der Waals surface area contributed by atoms with E-state index in [1.165, 1.54) is 0 Å². The number of aromatic nitrogens is 1. The Morgan fingerprint density at radius 1 is 1.10 bits per heavy atom. The molecule has 1 aliphatic rings. The second-order valence-electron chi connectivity index (χ2n) is 7.44. The zero-order valence-electron chi connectivity index (χ0n) is 17.5. The molecule has 0 bridgehead atoms. The van der Waals surface area contributed by atoms with Gasteiger partial charge in [-0.3, -0.25) is 4.98 Å². The lowest BCUT2D eigenvalue weighted by atomic mass is 10.0. The summed E-state index contributed by atoms with van der Waals surface area (Å²) < 4.78 is 34.1. The second kappa shape index (κ2) is 8.56. The molecular weight excluding hydrogens is 414 g/mol. The Morgan fingerprint density at radius 3 is 2.48 bits per heavy atom. The molecule has 0 aliphatic carbocycles. The first-order valence-electron chi connectivity index (χ1n) is 9.98. The van der Waals surface area contributed by atoms with Gasteiger partial charge >= 0.3 is 0 Å². The van der Waals surface area contributed by atoms with Gasteiger partial charge in [0.25, 0.3) is 0 Å². The number of pyridine rings is 1. The van der Waals surface area contributed by atoms with Crippen molar-refractivity contribution in [3.8, 4) is 11.5 Å². The van der Waals surface area contributed by atoms with Crippen LogP contribution in [0.25, 0.3) is 17.0 Å². The molecule has 2 heterocycles. The number of methoxy groups -OCH3 is 2. The van der Waals surface area contributed by atoms with Gasteiger partial charge in [-0.1, -0.05) is 24.3 Å². The summed E-state index contributed by atoms with van der Waals surface area (Å²) in [6.45, 7) is 1.47. The second-order valence-corrected chi connectivity index (χ2v) is 9.00. The van der Waals surface area contributed by atoms with E-state index in [2.05, 4.69) is 22.0 Å². The van der Waals surface area contributed by atoms with Crippen molar-refractivity contribution in [2.24, 2.45) is 5.14 Å². The van der Waals surface area contributed by atoms with Gasteiger partial charge in [0, 0.05) is 36.3 Å². The number of allylic oxidation sites excluding steroid dienone is 1.